The van der Waals surface area contributed by atoms with Crippen molar-refractivity contribution in [2.24, 2.45) is 0 Å². The number of hydrogen-bond donors (Lipinski definition) is 4. The second-order valence-electron chi connectivity index (χ2n) is 8.33. The Kier molecular flexibility index (Phi) is 5.29. The summed E-state index contributed by atoms with van der Waals surface area (Å²) in [7, 11) is -3.80. The fourth-order valence-electron chi connectivity index (χ4n) is 4.21. The molecule has 0 aliphatic heterocycles. The number of aryl methyl sites for hydroxylation is 1. The van der Waals surface area contributed by atoms with Crippen molar-refractivity contribution >= 4 is 37.8 Å². The van der Waals surface area contributed by atoms with Crippen LogP contribution in [-0.4, -0.2) is 49.8 Å². The van der Waals surface area contributed by atoms with E-state index in [1.54, 1.807) is 24.5 Å². The predicted octanol–water partition coefficient (Wildman–Crippen LogP) is 2.49. The highest BCUT2D eigenvalue weighted by atomic mass is 32.2. The van der Waals surface area contributed by atoms with Gasteiger partial charge in [-0.2, -0.15) is 4.31 Å². The molecule has 0 spiro atoms. The second kappa shape index (κ2) is 8.16. The van der Waals surface area contributed by atoms with E-state index in [1.165, 1.54) is 16.7 Å². The molecule has 10 nitrogen and oxygen atoms in total. The van der Waals surface area contributed by atoms with E-state index in [1.807, 2.05) is 0 Å². The van der Waals surface area contributed by atoms with Crippen LogP contribution in [0.5, 0.6) is 0 Å². The molecule has 0 bridgehead atoms. The van der Waals surface area contributed by atoms with Gasteiger partial charge in [0.15, 0.2) is 0 Å². The number of sulfonamides is 1. The van der Waals surface area contributed by atoms with Gasteiger partial charge in [-0.15, -0.1) is 0 Å². The standard InChI is InChI=1S/C22H23N5O5S/c28-19(29)3-1-2-13-9-24-21-20(13)17-8-16(6-7-18(17)26-22(21)30)33(31,32)27(15-4-5-15)11-14-10-23-12-25-14/h6-10,12,15,24H,1-5,11H2,(H,23,25)(H,26,30)(H,28,29). The summed E-state index contributed by atoms with van der Waals surface area (Å²) in [6, 6.07) is 4.67. The molecule has 11 heteroatoms. The smallest absolute Gasteiger partial charge is 0.303 e. The quantitative estimate of drug-likeness (QED) is 0.296. The fraction of sp³-hybridized carbons (Fsp3) is 0.318. The molecule has 1 saturated carbocycles. The molecule has 0 unspecified atom stereocenters. The second-order valence-corrected chi connectivity index (χ2v) is 10.2. The lowest BCUT2D eigenvalue weighted by molar-refractivity contribution is -0.137. The molecule has 3 aromatic heterocycles. The molecule has 1 aliphatic rings. The number of nitrogens with one attached hydrogen (secondary N) is 3. The summed E-state index contributed by atoms with van der Waals surface area (Å²) in [5, 5.41) is 10.2. The molecule has 0 atom stereocenters. The van der Waals surface area contributed by atoms with Crippen LogP contribution in [0, 0.1) is 0 Å². The molecule has 4 N–H and O–H groups in total. The highest BCUT2D eigenvalue weighted by Gasteiger charge is 2.38. The number of aromatic amines is 3. The van der Waals surface area contributed by atoms with Crippen LogP contribution >= 0.6 is 0 Å². The number of carbonyl (C=O) groups is 1. The Balaban J connectivity index is 1.59. The molecular formula is C22H23N5O5S. The Morgan fingerprint density at radius 3 is 2.76 bits per heavy atom. The first kappa shape index (κ1) is 21.4. The molecule has 1 aliphatic carbocycles. The number of H-pyrrole nitrogens is 3. The number of fused-ring (bicyclic) bond motifs is 3. The van der Waals surface area contributed by atoms with Crippen LogP contribution < -0.4 is 5.56 Å². The summed E-state index contributed by atoms with van der Waals surface area (Å²) < 4.78 is 28.7. The number of aromatic nitrogens is 4. The lowest BCUT2D eigenvalue weighted by Crippen LogP contribution is -2.32. The van der Waals surface area contributed by atoms with Crippen molar-refractivity contribution in [2.75, 3.05) is 0 Å². The van der Waals surface area contributed by atoms with Crippen molar-refractivity contribution in [3.8, 4) is 0 Å². The number of hydrogen-bond acceptors (Lipinski definition) is 5. The van der Waals surface area contributed by atoms with E-state index in [9.17, 15) is 18.0 Å². The maximum Gasteiger partial charge on any atom is 0.303 e. The maximum atomic E-state index is 13.6. The first-order chi connectivity index (χ1) is 15.8. The van der Waals surface area contributed by atoms with Crippen molar-refractivity contribution in [1.82, 2.24) is 24.2 Å². The number of carboxylic acid groups (broad SMARTS) is 1. The van der Waals surface area contributed by atoms with Gasteiger partial charge in [0.2, 0.25) is 10.0 Å². The van der Waals surface area contributed by atoms with Crippen LogP contribution in [0.1, 0.15) is 36.9 Å². The predicted molar refractivity (Wildman–Crippen MR) is 121 cm³/mol. The van der Waals surface area contributed by atoms with E-state index in [4.69, 9.17) is 5.11 Å². The van der Waals surface area contributed by atoms with Crippen molar-refractivity contribution < 1.29 is 18.3 Å². The molecule has 0 saturated heterocycles. The normalized spacial score (nSPS) is 14.5. The largest absolute Gasteiger partial charge is 0.481 e. The Labute approximate surface area is 188 Å². The third kappa shape index (κ3) is 4.05. The van der Waals surface area contributed by atoms with Crippen molar-refractivity contribution in [2.45, 2.75) is 49.6 Å². The van der Waals surface area contributed by atoms with Crippen LogP contribution in [0.25, 0.3) is 21.8 Å². The number of imidazole rings is 1. The summed E-state index contributed by atoms with van der Waals surface area (Å²) in [5.74, 6) is -0.886. The minimum Gasteiger partial charge on any atom is -0.481 e. The Bertz CT molecular complexity index is 1500. The minimum absolute atomic E-state index is 0.0113. The number of pyridine rings is 1. The molecule has 1 aromatic carbocycles. The fourth-order valence-corrected chi connectivity index (χ4v) is 5.90. The zero-order valence-electron chi connectivity index (χ0n) is 17.7. The average molecular weight is 470 g/mol. The van der Waals surface area contributed by atoms with E-state index in [-0.39, 0.29) is 29.5 Å². The highest BCUT2D eigenvalue weighted by molar-refractivity contribution is 7.89. The van der Waals surface area contributed by atoms with Crippen LogP contribution in [-0.2, 0) is 27.8 Å². The van der Waals surface area contributed by atoms with Gasteiger partial charge in [0.25, 0.3) is 5.56 Å². The number of benzene rings is 1. The summed E-state index contributed by atoms with van der Waals surface area (Å²) in [4.78, 5) is 36.3. The van der Waals surface area contributed by atoms with Gasteiger partial charge in [0.05, 0.1) is 17.8 Å². The van der Waals surface area contributed by atoms with E-state index >= 15 is 0 Å². The lowest BCUT2D eigenvalue weighted by Gasteiger charge is -2.21. The first-order valence-electron chi connectivity index (χ1n) is 10.7. The lowest BCUT2D eigenvalue weighted by atomic mass is 10.0. The maximum absolute atomic E-state index is 13.6. The Hall–Kier alpha value is -3.44. The van der Waals surface area contributed by atoms with E-state index in [2.05, 4.69) is 19.9 Å². The number of aliphatic carboxylic acids is 1. The van der Waals surface area contributed by atoms with Gasteiger partial charge in [-0.25, -0.2) is 13.4 Å². The van der Waals surface area contributed by atoms with Gasteiger partial charge < -0.3 is 20.1 Å². The monoisotopic (exact) mass is 469 g/mol. The molecule has 0 radical (unpaired) electrons. The number of nitrogens with zero attached hydrogens (tertiary/aromatic N) is 2. The SMILES string of the molecule is O=C(O)CCCc1c[nH]c2c(=O)[nH]c3ccc(S(=O)(=O)N(Cc4cnc[nH]4)C4CC4)cc3c12. The van der Waals surface area contributed by atoms with Crippen LogP contribution in [0.4, 0.5) is 0 Å². The van der Waals surface area contributed by atoms with Gasteiger partial charge in [-0.1, -0.05) is 0 Å². The van der Waals surface area contributed by atoms with Crippen molar-refractivity contribution in [3.63, 3.8) is 0 Å². The molecular weight excluding hydrogens is 446 g/mol. The zero-order valence-corrected chi connectivity index (χ0v) is 18.5. The van der Waals surface area contributed by atoms with E-state index < -0.39 is 16.0 Å². The summed E-state index contributed by atoms with van der Waals surface area (Å²) >= 11 is 0. The summed E-state index contributed by atoms with van der Waals surface area (Å²) in [5.41, 5.74) is 2.06. The molecule has 1 fully saturated rings. The number of carboxylic acids is 1. The van der Waals surface area contributed by atoms with Crippen molar-refractivity contribution in [1.29, 1.82) is 0 Å². The van der Waals surface area contributed by atoms with Gasteiger partial charge in [0, 0.05) is 46.8 Å². The zero-order chi connectivity index (χ0) is 23.2. The topological polar surface area (TPSA) is 152 Å². The Morgan fingerprint density at radius 2 is 2.06 bits per heavy atom. The highest BCUT2D eigenvalue weighted by Crippen LogP contribution is 2.35. The van der Waals surface area contributed by atoms with E-state index in [0.29, 0.717) is 40.3 Å². The first-order valence-corrected chi connectivity index (χ1v) is 12.2. The minimum atomic E-state index is -3.80. The van der Waals surface area contributed by atoms with Crippen LogP contribution in [0.2, 0.25) is 0 Å². The third-order valence-corrected chi connectivity index (χ3v) is 7.87. The third-order valence-electron chi connectivity index (χ3n) is 5.98. The van der Waals surface area contributed by atoms with Gasteiger partial charge in [-0.3, -0.25) is 9.59 Å². The molecule has 5 rings (SSSR count). The Morgan fingerprint density at radius 1 is 1.24 bits per heavy atom. The van der Waals surface area contributed by atoms with Crippen LogP contribution in [0.3, 0.4) is 0 Å². The van der Waals surface area contributed by atoms with Gasteiger partial charge >= 0.3 is 5.97 Å². The molecule has 33 heavy (non-hydrogen) atoms. The average Bonchev–Trinajstić information content (AvgIpc) is 3.29. The van der Waals surface area contributed by atoms with Gasteiger partial charge in [-0.05, 0) is 49.4 Å². The molecule has 3 heterocycles. The van der Waals surface area contributed by atoms with Gasteiger partial charge in [0.1, 0.15) is 5.52 Å². The molecule has 0 amide bonds. The van der Waals surface area contributed by atoms with Crippen LogP contribution in [0.15, 0.2) is 46.6 Å². The summed E-state index contributed by atoms with van der Waals surface area (Å²) in [6.45, 7) is 0.205. The summed E-state index contributed by atoms with van der Waals surface area (Å²) in [6.07, 6.45) is 7.32. The number of rotatable bonds is 9. The van der Waals surface area contributed by atoms with E-state index in [0.717, 1.165) is 18.4 Å². The van der Waals surface area contributed by atoms with Crippen molar-refractivity contribution in [3.05, 3.63) is 58.5 Å². The molecule has 172 valence electrons. The molecule has 4 aromatic rings.